The zero-order chi connectivity index (χ0) is 13.2. The van der Waals surface area contributed by atoms with Crippen molar-refractivity contribution in [2.75, 3.05) is 13.1 Å². The molecule has 0 radical (unpaired) electrons. The first-order valence-electron chi connectivity index (χ1n) is 7.10. The number of nitrogens with two attached hydrogens (primary N) is 1. The molecule has 104 valence electrons. The van der Waals surface area contributed by atoms with E-state index in [0.29, 0.717) is 24.1 Å². The van der Waals surface area contributed by atoms with E-state index in [0.717, 1.165) is 19.4 Å². The number of amides is 1. The van der Waals surface area contributed by atoms with E-state index in [4.69, 9.17) is 10.2 Å². The van der Waals surface area contributed by atoms with Gasteiger partial charge in [-0.1, -0.05) is 0 Å². The molecule has 19 heavy (non-hydrogen) atoms. The Balaban J connectivity index is 1.57. The molecule has 2 unspecified atom stereocenters. The van der Waals surface area contributed by atoms with E-state index < -0.39 is 0 Å². The van der Waals surface area contributed by atoms with Gasteiger partial charge in [0.05, 0.1) is 6.54 Å². The normalized spacial score (nSPS) is 27.2. The van der Waals surface area contributed by atoms with E-state index >= 15 is 0 Å². The molecule has 5 heteroatoms. The molecule has 0 bridgehead atoms. The molecule has 2 atom stereocenters. The zero-order valence-corrected chi connectivity index (χ0v) is 11.1. The number of rotatable bonds is 3. The first-order chi connectivity index (χ1) is 9.26. The molecule has 2 saturated heterocycles. The molecule has 5 nitrogen and oxygen atoms in total. The molecule has 0 aromatic carbocycles. The van der Waals surface area contributed by atoms with Gasteiger partial charge in [0.15, 0.2) is 5.76 Å². The molecule has 0 saturated carbocycles. The van der Waals surface area contributed by atoms with Crippen molar-refractivity contribution in [2.24, 2.45) is 5.73 Å². The van der Waals surface area contributed by atoms with Gasteiger partial charge in [-0.05, 0) is 44.4 Å². The zero-order valence-electron chi connectivity index (χ0n) is 11.1. The second kappa shape index (κ2) is 5.35. The molecule has 0 aliphatic carbocycles. The van der Waals surface area contributed by atoms with Gasteiger partial charge in [0.2, 0.25) is 0 Å². The number of carbonyl (C=O) groups excluding carboxylic acids is 1. The van der Waals surface area contributed by atoms with Crippen LogP contribution in [0, 0.1) is 0 Å². The van der Waals surface area contributed by atoms with Crippen LogP contribution in [0.15, 0.2) is 16.5 Å². The second-order valence-corrected chi connectivity index (χ2v) is 5.50. The highest BCUT2D eigenvalue weighted by Crippen LogP contribution is 2.27. The van der Waals surface area contributed by atoms with Gasteiger partial charge in [-0.15, -0.1) is 0 Å². The van der Waals surface area contributed by atoms with Crippen LogP contribution in [0.3, 0.4) is 0 Å². The number of piperidine rings is 1. The summed E-state index contributed by atoms with van der Waals surface area (Å²) in [5, 5.41) is 3.09. The quantitative estimate of drug-likeness (QED) is 0.856. The Morgan fingerprint density at radius 3 is 3.11 bits per heavy atom. The summed E-state index contributed by atoms with van der Waals surface area (Å²) < 4.78 is 5.38. The van der Waals surface area contributed by atoms with Crippen molar-refractivity contribution in [3.8, 4) is 0 Å². The molecular weight excluding hydrogens is 242 g/mol. The summed E-state index contributed by atoms with van der Waals surface area (Å²) in [6, 6.07) is 4.39. The maximum absolute atomic E-state index is 12.1. The third-order valence-corrected chi connectivity index (χ3v) is 4.24. The molecule has 2 aliphatic rings. The Kier molecular flexibility index (Phi) is 3.57. The van der Waals surface area contributed by atoms with Crippen molar-refractivity contribution in [3.05, 3.63) is 23.7 Å². The summed E-state index contributed by atoms with van der Waals surface area (Å²) in [5.74, 6) is 0.904. The smallest absolute Gasteiger partial charge is 0.287 e. The number of hydrogen-bond acceptors (Lipinski definition) is 4. The fourth-order valence-electron chi connectivity index (χ4n) is 3.22. The molecule has 3 rings (SSSR count). The Hall–Kier alpha value is -1.33. The number of fused-ring (bicyclic) bond motifs is 1. The van der Waals surface area contributed by atoms with Crippen LogP contribution in [0.25, 0.3) is 0 Å². The molecule has 3 heterocycles. The van der Waals surface area contributed by atoms with Crippen LogP contribution >= 0.6 is 0 Å². The fourth-order valence-corrected chi connectivity index (χ4v) is 3.22. The van der Waals surface area contributed by atoms with Gasteiger partial charge in [0.1, 0.15) is 5.76 Å². The summed E-state index contributed by atoms with van der Waals surface area (Å²) >= 11 is 0. The van der Waals surface area contributed by atoms with Crippen molar-refractivity contribution in [1.29, 1.82) is 0 Å². The average Bonchev–Trinajstić information content (AvgIpc) is 3.06. The predicted octanol–water partition coefficient (Wildman–Crippen LogP) is 1.09. The highest BCUT2D eigenvalue weighted by Gasteiger charge is 2.32. The van der Waals surface area contributed by atoms with E-state index in [1.54, 1.807) is 12.1 Å². The summed E-state index contributed by atoms with van der Waals surface area (Å²) in [6.07, 6.45) is 4.66. The first kappa shape index (κ1) is 12.7. The molecule has 1 amide bonds. The Morgan fingerprint density at radius 1 is 1.42 bits per heavy atom. The van der Waals surface area contributed by atoms with Gasteiger partial charge < -0.3 is 20.4 Å². The summed E-state index contributed by atoms with van der Waals surface area (Å²) in [4.78, 5) is 14.6. The Labute approximate surface area is 113 Å². The van der Waals surface area contributed by atoms with Crippen LogP contribution < -0.4 is 11.1 Å². The average molecular weight is 263 g/mol. The third-order valence-electron chi connectivity index (χ3n) is 4.24. The van der Waals surface area contributed by atoms with E-state index in [-0.39, 0.29) is 11.9 Å². The van der Waals surface area contributed by atoms with Crippen molar-refractivity contribution < 1.29 is 9.21 Å². The topological polar surface area (TPSA) is 71.5 Å². The Morgan fingerprint density at radius 2 is 2.32 bits per heavy atom. The maximum atomic E-state index is 12.1. The second-order valence-electron chi connectivity index (χ2n) is 5.50. The lowest BCUT2D eigenvalue weighted by atomic mass is 9.97. The summed E-state index contributed by atoms with van der Waals surface area (Å²) in [7, 11) is 0. The van der Waals surface area contributed by atoms with Gasteiger partial charge in [-0.25, -0.2) is 0 Å². The lowest BCUT2D eigenvalue weighted by Gasteiger charge is -2.34. The van der Waals surface area contributed by atoms with Crippen LogP contribution in [0.4, 0.5) is 0 Å². The SMILES string of the molecule is NCc1ccc(C(=O)NC2CCN3CCCC3C2)o1. The number of furan rings is 1. The molecule has 1 aromatic rings. The fraction of sp³-hybridized carbons (Fsp3) is 0.643. The highest BCUT2D eigenvalue weighted by atomic mass is 16.4. The predicted molar refractivity (Wildman–Crippen MR) is 71.7 cm³/mol. The number of nitrogens with zero attached hydrogens (tertiary/aromatic N) is 1. The third kappa shape index (κ3) is 2.67. The van der Waals surface area contributed by atoms with Gasteiger partial charge >= 0.3 is 0 Å². The standard InChI is InChI=1S/C14H21N3O2/c15-9-12-3-4-13(19-12)14(18)16-10-5-7-17-6-1-2-11(17)8-10/h3-4,10-11H,1-2,5-9,15H2,(H,16,18). The number of nitrogens with one attached hydrogen (secondary N) is 1. The molecule has 2 aliphatic heterocycles. The maximum Gasteiger partial charge on any atom is 0.287 e. The minimum atomic E-state index is -0.115. The first-order valence-corrected chi connectivity index (χ1v) is 7.10. The van der Waals surface area contributed by atoms with Crippen LogP contribution in [-0.2, 0) is 6.54 Å². The molecule has 1 aromatic heterocycles. The van der Waals surface area contributed by atoms with Crippen molar-refractivity contribution in [1.82, 2.24) is 10.2 Å². The van der Waals surface area contributed by atoms with Gasteiger partial charge in [0, 0.05) is 18.6 Å². The molecule has 0 spiro atoms. The number of hydrogen-bond donors (Lipinski definition) is 2. The minimum Gasteiger partial charge on any atom is -0.455 e. The van der Waals surface area contributed by atoms with Crippen LogP contribution in [0.1, 0.15) is 42.0 Å². The van der Waals surface area contributed by atoms with Gasteiger partial charge in [-0.2, -0.15) is 0 Å². The van der Waals surface area contributed by atoms with E-state index in [9.17, 15) is 4.79 Å². The van der Waals surface area contributed by atoms with Gasteiger partial charge in [0.25, 0.3) is 5.91 Å². The summed E-state index contributed by atoms with van der Waals surface area (Å²) in [6.45, 7) is 2.65. The monoisotopic (exact) mass is 263 g/mol. The summed E-state index contributed by atoms with van der Waals surface area (Å²) in [5.41, 5.74) is 5.48. The van der Waals surface area contributed by atoms with Crippen molar-refractivity contribution in [3.63, 3.8) is 0 Å². The lowest BCUT2D eigenvalue weighted by molar-refractivity contribution is 0.0867. The van der Waals surface area contributed by atoms with E-state index in [1.807, 2.05) is 0 Å². The molecule has 2 fully saturated rings. The van der Waals surface area contributed by atoms with Gasteiger partial charge in [-0.3, -0.25) is 4.79 Å². The minimum absolute atomic E-state index is 0.115. The lowest BCUT2D eigenvalue weighted by Crippen LogP contribution is -2.47. The van der Waals surface area contributed by atoms with Crippen molar-refractivity contribution >= 4 is 5.91 Å². The van der Waals surface area contributed by atoms with E-state index in [1.165, 1.54) is 19.4 Å². The Bertz CT molecular complexity index is 457. The molecule has 3 N–H and O–H groups in total. The van der Waals surface area contributed by atoms with Crippen LogP contribution in [-0.4, -0.2) is 36.0 Å². The highest BCUT2D eigenvalue weighted by molar-refractivity contribution is 5.91. The largest absolute Gasteiger partial charge is 0.455 e. The van der Waals surface area contributed by atoms with Crippen molar-refractivity contribution in [2.45, 2.75) is 44.3 Å². The molecular formula is C14H21N3O2. The van der Waals surface area contributed by atoms with E-state index in [2.05, 4.69) is 10.2 Å². The van der Waals surface area contributed by atoms with Crippen LogP contribution in [0.5, 0.6) is 0 Å². The van der Waals surface area contributed by atoms with Crippen LogP contribution in [0.2, 0.25) is 0 Å². The number of carbonyl (C=O) groups is 1.